The third kappa shape index (κ3) is 4.53. The van der Waals surface area contributed by atoms with E-state index in [9.17, 15) is 4.79 Å². The molecule has 0 aliphatic rings. The van der Waals surface area contributed by atoms with Crippen LogP contribution in [0.3, 0.4) is 0 Å². The fourth-order valence-electron chi connectivity index (χ4n) is 2.10. The maximum Gasteiger partial charge on any atom is 0.165 e. The predicted molar refractivity (Wildman–Crippen MR) is 72.2 cm³/mol. The van der Waals surface area contributed by atoms with Gasteiger partial charge in [-0.2, -0.15) is 0 Å². The highest BCUT2D eigenvalue weighted by molar-refractivity contribution is 5.95. The zero-order valence-electron chi connectivity index (χ0n) is 11.5. The number of carbonyl (C=O) groups is 1. The Morgan fingerprint density at radius 1 is 1.28 bits per heavy atom. The minimum atomic E-state index is 0.113. The lowest BCUT2D eigenvalue weighted by Gasteiger charge is -2.30. The van der Waals surface area contributed by atoms with Crippen LogP contribution in [0.5, 0.6) is 0 Å². The fraction of sp³-hybridized carbons (Fsp3) is 0.643. The number of rotatable bonds is 6. The monoisotopic (exact) mass is 249 g/mol. The van der Waals surface area contributed by atoms with Gasteiger partial charge in [-0.1, -0.05) is 20.8 Å². The molecule has 0 aliphatic heterocycles. The molecule has 0 bridgehead atoms. The lowest BCUT2D eigenvalue weighted by molar-refractivity contribution is 0.0957. The van der Waals surface area contributed by atoms with E-state index in [1.165, 1.54) is 6.33 Å². The summed E-state index contributed by atoms with van der Waals surface area (Å²) in [6.45, 7) is 7.26. The van der Waals surface area contributed by atoms with Gasteiger partial charge in [-0.3, -0.25) is 4.79 Å². The van der Waals surface area contributed by atoms with Gasteiger partial charge in [0.05, 0.1) is 5.56 Å². The largest absolute Gasteiger partial charge is 0.330 e. The Morgan fingerprint density at radius 3 is 2.39 bits per heavy atom. The van der Waals surface area contributed by atoms with Crippen molar-refractivity contribution in [1.82, 2.24) is 9.97 Å². The summed E-state index contributed by atoms with van der Waals surface area (Å²) in [7, 11) is 0. The van der Waals surface area contributed by atoms with Crippen LogP contribution >= 0.6 is 0 Å². The van der Waals surface area contributed by atoms with Gasteiger partial charge in [0, 0.05) is 18.8 Å². The molecule has 0 saturated heterocycles. The van der Waals surface area contributed by atoms with Gasteiger partial charge < -0.3 is 5.73 Å². The van der Waals surface area contributed by atoms with E-state index in [1.807, 2.05) is 0 Å². The molecule has 1 rings (SSSR count). The number of Topliss-reactive ketones (excluding diaryl/α,β-unsaturated/α-hetero) is 1. The Morgan fingerprint density at radius 2 is 1.89 bits per heavy atom. The average molecular weight is 249 g/mol. The molecule has 0 aromatic carbocycles. The van der Waals surface area contributed by atoms with E-state index in [0.29, 0.717) is 24.4 Å². The average Bonchev–Trinajstić information content (AvgIpc) is 2.33. The molecule has 100 valence electrons. The summed E-state index contributed by atoms with van der Waals surface area (Å²) in [4.78, 5) is 19.7. The van der Waals surface area contributed by atoms with Crippen LogP contribution in [-0.4, -0.2) is 22.3 Å². The zero-order chi connectivity index (χ0) is 13.6. The van der Waals surface area contributed by atoms with Crippen molar-refractivity contribution in [3.05, 3.63) is 24.3 Å². The molecule has 2 N–H and O–H groups in total. The zero-order valence-corrected chi connectivity index (χ0v) is 11.5. The SMILES string of the molecule is CC(C)(C)C(CCN)CCC(=O)c1cncnc1. The summed E-state index contributed by atoms with van der Waals surface area (Å²) < 4.78 is 0. The summed E-state index contributed by atoms with van der Waals surface area (Å²) in [5.74, 6) is 0.581. The maximum atomic E-state index is 12.0. The minimum absolute atomic E-state index is 0.113. The molecule has 0 spiro atoms. The van der Waals surface area contributed by atoms with Crippen LogP contribution in [0.2, 0.25) is 0 Å². The number of hydrogen-bond donors (Lipinski definition) is 1. The predicted octanol–water partition coefficient (Wildman–Crippen LogP) is 2.45. The van der Waals surface area contributed by atoms with Crippen molar-refractivity contribution in [2.24, 2.45) is 17.1 Å². The van der Waals surface area contributed by atoms with E-state index < -0.39 is 0 Å². The van der Waals surface area contributed by atoms with Gasteiger partial charge in [0.2, 0.25) is 0 Å². The summed E-state index contributed by atoms with van der Waals surface area (Å²) in [5, 5.41) is 0. The molecule has 4 heteroatoms. The van der Waals surface area contributed by atoms with Crippen molar-refractivity contribution in [3.63, 3.8) is 0 Å². The molecular weight excluding hydrogens is 226 g/mol. The van der Waals surface area contributed by atoms with Crippen LogP contribution in [0.4, 0.5) is 0 Å². The van der Waals surface area contributed by atoms with Crippen molar-refractivity contribution in [3.8, 4) is 0 Å². The maximum absolute atomic E-state index is 12.0. The highest BCUT2D eigenvalue weighted by Gasteiger charge is 2.24. The first kappa shape index (κ1) is 14.8. The molecule has 0 radical (unpaired) electrons. The Balaban J connectivity index is 2.55. The summed E-state index contributed by atoms with van der Waals surface area (Å²) in [6, 6.07) is 0. The number of nitrogens with two attached hydrogens (primary N) is 1. The minimum Gasteiger partial charge on any atom is -0.330 e. The Hall–Kier alpha value is -1.29. The Labute approximate surface area is 109 Å². The Kier molecular flexibility index (Phi) is 5.41. The molecule has 0 fully saturated rings. The topological polar surface area (TPSA) is 68.9 Å². The molecule has 1 atom stereocenters. The molecule has 1 aromatic heterocycles. The molecule has 1 aromatic rings. The summed E-state index contributed by atoms with van der Waals surface area (Å²) in [6.07, 6.45) is 6.95. The van der Waals surface area contributed by atoms with E-state index in [-0.39, 0.29) is 11.2 Å². The van der Waals surface area contributed by atoms with Crippen molar-refractivity contribution in [2.75, 3.05) is 6.54 Å². The third-order valence-electron chi connectivity index (χ3n) is 3.34. The lowest BCUT2D eigenvalue weighted by Crippen LogP contribution is -2.24. The van der Waals surface area contributed by atoms with Crippen molar-refractivity contribution < 1.29 is 4.79 Å². The van der Waals surface area contributed by atoms with Gasteiger partial charge in [0.25, 0.3) is 0 Å². The molecule has 1 unspecified atom stereocenters. The van der Waals surface area contributed by atoms with E-state index in [0.717, 1.165) is 12.8 Å². The smallest absolute Gasteiger partial charge is 0.165 e. The molecule has 18 heavy (non-hydrogen) atoms. The standard InChI is InChI=1S/C14H23N3O/c1-14(2,3)12(6-7-15)4-5-13(18)11-8-16-10-17-9-11/h8-10,12H,4-7,15H2,1-3H3. The summed E-state index contributed by atoms with van der Waals surface area (Å²) >= 11 is 0. The van der Waals surface area contributed by atoms with Gasteiger partial charge in [-0.05, 0) is 30.7 Å². The van der Waals surface area contributed by atoms with Gasteiger partial charge in [-0.25, -0.2) is 9.97 Å². The third-order valence-corrected chi connectivity index (χ3v) is 3.34. The lowest BCUT2D eigenvalue weighted by atomic mass is 9.76. The molecule has 4 nitrogen and oxygen atoms in total. The number of aromatic nitrogens is 2. The molecule has 0 amide bonds. The van der Waals surface area contributed by atoms with Gasteiger partial charge >= 0.3 is 0 Å². The second-order valence-corrected chi connectivity index (χ2v) is 5.73. The quantitative estimate of drug-likeness (QED) is 0.786. The normalized spacial score (nSPS) is 13.3. The van der Waals surface area contributed by atoms with Gasteiger partial charge in [0.15, 0.2) is 5.78 Å². The highest BCUT2D eigenvalue weighted by atomic mass is 16.1. The molecule has 0 aliphatic carbocycles. The van der Waals surface area contributed by atoms with Crippen LogP contribution in [0.15, 0.2) is 18.7 Å². The van der Waals surface area contributed by atoms with Gasteiger partial charge in [-0.15, -0.1) is 0 Å². The van der Waals surface area contributed by atoms with Crippen molar-refractivity contribution in [2.45, 2.75) is 40.0 Å². The van der Waals surface area contributed by atoms with Crippen LogP contribution in [0.1, 0.15) is 50.4 Å². The van der Waals surface area contributed by atoms with Gasteiger partial charge in [0.1, 0.15) is 6.33 Å². The van der Waals surface area contributed by atoms with E-state index in [2.05, 4.69) is 30.7 Å². The highest BCUT2D eigenvalue weighted by Crippen LogP contribution is 2.32. The van der Waals surface area contributed by atoms with E-state index >= 15 is 0 Å². The summed E-state index contributed by atoms with van der Waals surface area (Å²) in [5.41, 5.74) is 6.42. The van der Waals surface area contributed by atoms with Crippen LogP contribution < -0.4 is 5.73 Å². The molecule has 1 heterocycles. The van der Waals surface area contributed by atoms with Crippen molar-refractivity contribution in [1.29, 1.82) is 0 Å². The number of carbonyl (C=O) groups excluding carboxylic acids is 1. The van der Waals surface area contributed by atoms with Crippen LogP contribution in [0.25, 0.3) is 0 Å². The first-order valence-electron chi connectivity index (χ1n) is 6.43. The van der Waals surface area contributed by atoms with Crippen LogP contribution in [-0.2, 0) is 0 Å². The second kappa shape index (κ2) is 6.59. The second-order valence-electron chi connectivity index (χ2n) is 5.73. The number of hydrogen-bond acceptors (Lipinski definition) is 4. The van der Waals surface area contributed by atoms with Crippen LogP contribution in [0, 0.1) is 11.3 Å². The van der Waals surface area contributed by atoms with Crippen molar-refractivity contribution >= 4 is 5.78 Å². The first-order chi connectivity index (χ1) is 8.45. The fourth-order valence-corrected chi connectivity index (χ4v) is 2.10. The van der Waals surface area contributed by atoms with E-state index in [4.69, 9.17) is 5.73 Å². The first-order valence-corrected chi connectivity index (χ1v) is 6.43. The number of ketones is 1. The number of nitrogens with zero attached hydrogens (tertiary/aromatic N) is 2. The molecular formula is C14H23N3O. The molecule has 0 saturated carbocycles. The Bertz CT molecular complexity index is 370. The van der Waals surface area contributed by atoms with E-state index in [1.54, 1.807) is 12.4 Å².